The Morgan fingerprint density at radius 3 is 2.62 bits per heavy atom. The third-order valence-corrected chi connectivity index (χ3v) is 1.75. The first-order chi connectivity index (χ1) is 6.05. The van der Waals surface area contributed by atoms with Gasteiger partial charge >= 0.3 is 0 Å². The zero-order valence-electron chi connectivity index (χ0n) is 8.70. The van der Waals surface area contributed by atoms with Crippen LogP contribution in [0, 0.1) is 5.41 Å². The van der Waals surface area contributed by atoms with E-state index >= 15 is 0 Å². The van der Waals surface area contributed by atoms with Gasteiger partial charge in [0.1, 0.15) is 5.70 Å². The summed E-state index contributed by atoms with van der Waals surface area (Å²) in [4.78, 5) is 0. The zero-order chi connectivity index (χ0) is 9.90. The Labute approximate surface area is 79.0 Å². The van der Waals surface area contributed by atoms with E-state index in [1.54, 1.807) is 0 Å². The molecule has 0 aromatic heterocycles. The van der Waals surface area contributed by atoms with Gasteiger partial charge in [-0.25, -0.2) is 5.01 Å². The Bertz CT molecular complexity index is 266. The molecule has 0 saturated heterocycles. The molecular weight excluding hydrogens is 164 g/mol. The molecule has 0 N–H and O–H groups in total. The van der Waals surface area contributed by atoms with Gasteiger partial charge < -0.3 is 0 Å². The first-order valence-corrected chi connectivity index (χ1v) is 4.57. The first kappa shape index (κ1) is 9.93. The van der Waals surface area contributed by atoms with Crippen LogP contribution in [-0.2, 0) is 0 Å². The zero-order valence-corrected chi connectivity index (χ0v) is 8.70. The van der Waals surface area contributed by atoms with Crippen molar-refractivity contribution in [3.63, 3.8) is 0 Å². The van der Waals surface area contributed by atoms with E-state index < -0.39 is 0 Å². The summed E-state index contributed by atoms with van der Waals surface area (Å²) in [6.07, 6.45) is 1.04. The van der Waals surface area contributed by atoms with Gasteiger partial charge in [-0.05, 0) is 16.9 Å². The number of rotatable bonds is 2. The van der Waals surface area contributed by atoms with E-state index in [1.807, 2.05) is 5.01 Å². The Hall–Kier alpha value is -1.15. The summed E-state index contributed by atoms with van der Waals surface area (Å²) >= 11 is 0. The molecule has 4 heteroatoms. The van der Waals surface area contributed by atoms with Crippen LogP contribution >= 0.6 is 0 Å². The first-order valence-electron chi connectivity index (χ1n) is 4.57. The van der Waals surface area contributed by atoms with Crippen LogP contribution in [0.25, 0.3) is 0 Å². The molecule has 1 rings (SSSR count). The highest BCUT2D eigenvalue weighted by Crippen LogP contribution is 2.27. The van der Waals surface area contributed by atoms with Crippen molar-refractivity contribution in [1.82, 2.24) is 5.01 Å². The molecule has 0 saturated carbocycles. The lowest BCUT2D eigenvalue weighted by atomic mass is 9.92. The van der Waals surface area contributed by atoms with E-state index in [9.17, 15) is 0 Å². The standard InChI is InChI=1S/C9H16N4/c1-5-6-13-8(9(2,3)4)7-10-11-12-13/h5-6H2,1-4H3. The van der Waals surface area contributed by atoms with Gasteiger partial charge in [-0.2, -0.15) is 0 Å². The summed E-state index contributed by atoms with van der Waals surface area (Å²) in [6, 6.07) is 0. The molecule has 1 aliphatic rings. The van der Waals surface area contributed by atoms with Crippen LogP contribution < -0.4 is 0 Å². The van der Waals surface area contributed by atoms with Crippen LogP contribution in [0.15, 0.2) is 21.2 Å². The summed E-state index contributed by atoms with van der Waals surface area (Å²) in [5.74, 6) is 2.90. The fraction of sp³-hybridized carbons (Fsp3) is 0.778. The molecule has 13 heavy (non-hydrogen) atoms. The van der Waals surface area contributed by atoms with Crippen LogP contribution in [-0.4, -0.2) is 17.4 Å². The number of hydrogen-bond donors (Lipinski definition) is 0. The summed E-state index contributed by atoms with van der Waals surface area (Å²) in [5.41, 5.74) is 1.03. The minimum Gasteiger partial charge on any atom is -0.240 e. The molecule has 1 heterocycles. The maximum atomic E-state index is 3.96. The van der Waals surface area contributed by atoms with Crippen molar-refractivity contribution >= 4 is 5.87 Å². The highest BCUT2D eigenvalue weighted by Gasteiger charge is 2.24. The second-order valence-electron chi connectivity index (χ2n) is 4.11. The monoisotopic (exact) mass is 180 g/mol. The van der Waals surface area contributed by atoms with Crippen LogP contribution in [0.5, 0.6) is 0 Å². The molecule has 0 fully saturated rings. The Morgan fingerprint density at radius 2 is 2.08 bits per heavy atom. The predicted molar refractivity (Wildman–Crippen MR) is 52.3 cm³/mol. The van der Waals surface area contributed by atoms with Crippen molar-refractivity contribution in [3.05, 3.63) is 5.70 Å². The molecule has 0 aromatic carbocycles. The maximum Gasteiger partial charge on any atom is 0.107 e. The average Bonchev–Trinajstić information content (AvgIpc) is 2.04. The summed E-state index contributed by atoms with van der Waals surface area (Å²) in [6.45, 7) is 9.34. The van der Waals surface area contributed by atoms with Gasteiger partial charge in [0, 0.05) is 17.8 Å². The number of allylic oxidation sites excluding steroid dienone is 1. The molecular formula is C9H16N4. The van der Waals surface area contributed by atoms with E-state index in [-0.39, 0.29) is 5.41 Å². The smallest absolute Gasteiger partial charge is 0.107 e. The Morgan fingerprint density at radius 1 is 1.38 bits per heavy atom. The molecule has 0 bridgehead atoms. The molecule has 0 aliphatic carbocycles. The van der Waals surface area contributed by atoms with E-state index in [1.165, 1.54) is 0 Å². The van der Waals surface area contributed by atoms with Crippen molar-refractivity contribution in [2.45, 2.75) is 34.1 Å². The molecule has 0 spiro atoms. The van der Waals surface area contributed by atoms with Crippen molar-refractivity contribution in [3.8, 4) is 0 Å². The summed E-state index contributed by atoms with van der Waals surface area (Å²) in [5, 5.41) is 13.1. The number of nitrogens with zero attached hydrogens (tertiary/aromatic N) is 4. The van der Waals surface area contributed by atoms with Crippen LogP contribution in [0.2, 0.25) is 0 Å². The highest BCUT2D eigenvalue weighted by molar-refractivity contribution is 5.59. The normalized spacial score (nSPS) is 16.3. The van der Waals surface area contributed by atoms with E-state index in [0.717, 1.165) is 18.7 Å². The van der Waals surface area contributed by atoms with Gasteiger partial charge in [-0.15, -0.1) is 0 Å². The minimum atomic E-state index is 0.0259. The lowest BCUT2D eigenvalue weighted by Crippen LogP contribution is -2.28. The van der Waals surface area contributed by atoms with E-state index in [2.05, 4.69) is 49.1 Å². The van der Waals surface area contributed by atoms with Crippen LogP contribution in [0.1, 0.15) is 34.1 Å². The van der Waals surface area contributed by atoms with E-state index in [4.69, 9.17) is 0 Å². The molecule has 72 valence electrons. The minimum absolute atomic E-state index is 0.0259. The topological polar surface area (TPSA) is 40.3 Å². The second-order valence-corrected chi connectivity index (χ2v) is 4.11. The lowest BCUT2D eigenvalue weighted by Gasteiger charge is -2.28. The van der Waals surface area contributed by atoms with Gasteiger partial charge in [-0.1, -0.05) is 32.8 Å². The fourth-order valence-corrected chi connectivity index (χ4v) is 1.16. The molecule has 0 atom stereocenters. The molecule has 0 amide bonds. The summed E-state index contributed by atoms with van der Waals surface area (Å²) in [7, 11) is 0. The third kappa shape index (κ3) is 2.39. The van der Waals surface area contributed by atoms with Crippen LogP contribution in [0.3, 0.4) is 0 Å². The van der Waals surface area contributed by atoms with Crippen molar-refractivity contribution in [1.29, 1.82) is 0 Å². The van der Waals surface area contributed by atoms with Gasteiger partial charge in [0.25, 0.3) is 0 Å². The van der Waals surface area contributed by atoms with Crippen LogP contribution in [0.4, 0.5) is 0 Å². The molecule has 0 unspecified atom stereocenters. The quantitative estimate of drug-likeness (QED) is 0.643. The van der Waals surface area contributed by atoms with Crippen molar-refractivity contribution < 1.29 is 0 Å². The van der Waals surface area contributed by atoms with Crippen molar-refractivity contribution in [2.24, 2.45) is 21.0 Å². The Balaban J connectivity index is 2.88. The summed E-state index contributed by atoms with van der Waals surface area (Å²) < 4.78 is 0. The average molecular weight is 180 g/mol. The van der Waals surface area contributed by atoms with Gasteiger partial charge in [0.05, 0.1) is 0 Å². The second kappa shape index (κ2) is 3.71. The molecule has 0 aromatic rings. The highest BCUT2D eigenvalue weighted by atomic mass is 15.6. The molecule has 1 aliphatic heterocycles. The van der Waals surface area contributed by atoms with Gasteiger partial charge in [0.15, 0.2) is 0 Å². The fourth-order valence-electron chi connectivity index (χ4n) is 1.16. The van der Waals surface area contributed by atoms with Gasteiger partial charge in [0.2, 0.25) is 0 Å². The predicted octanol–water partition coefficient (Wildman–Crippen LogP) is 2.59. The maximum absolute atomic E-state index is 3.96. The SMILES string of the molecule is CCCN1N=NN=C=C1C(C)(C)C. The van der Waals surface area contributed by atoms with Crippen molar-refractivity contribution in [2.75, 3.05) is 6.54 Å². The molecule has 4 nitrogen and oxygen atoms in total. The van der Waals surface area contributed by atoms with E-state index in [0.29, 0.717) is 0 Å². The molecule has 0 radical (unpaired) electrons. The third-order valence-electron chi connectivity index (χ3n) is 1.75. The lowest BCUT2D eigenvalue weighted by molar-refractivity contribution is 0.262. The van der Waals surface area contributed by atoms with Gasteiger partial charge in [-0.3, -0.25) is 0 Å². The largest absolute Gasteiger partial charge is 0.240 e. The Kier molecular flexibility index (Phi) is 2.83. The number of hydrogen-bond acceptors (Lipinski definition) is 4.